The minimum Gasteiger partial charge on any atom is -0.444 e. The molecule has 0 aromatic heterocycles. The van der Waals surface area contributed by atoms with E-state index in [4.69, 9.17) is 4.74 Å². The van der Waals surface area contributed by atoms with Crippen molar-refractivity contribution >= 4 is 21.7 Å². The number of piperidine rings is 1. The molecule has 1 amide bonds. The second-order valence-electron chi connectivity index (χ2n) is 8.60. The van der Waals surface area contributed by atoms with Gasteiger partial charge in [0.2, 0.25) is 0 Å². The first-order valence-corrected chi connectivity index (χ1v) is 11.7. The quantitative estimate of drug-likeness (QED) is 0.690. The molecule has 162 valence electrons. The molecule has 2 rings (SSSR count). The van der Waals surface area contributed by atoms with Crippen LogP contribution >= 0.6 is 0 Å². The summed E-state index contributed by atoms with van der Waals surface area (Å²) in [7, 11) is -3.59. The van der Waals surface area contributed by atoms with Gasteiger partial charge in [0.25, 0.3) is 0 Å². The highest BCUT2D eigenvalue weighted by Gasteiger charge is 2.29. The summed E-state index contributed by atoms with van der Waals surface area (Å²) >= 11 is 0. The highest BCUT2D eigenvalue weighted by Crippen LogP contribution is 2.23. The molecule has 1 fully saturated rings. The van der Waals surface area contributed by atoms with Gasteiger partial charge in [-0.15, -0.1) is 0 Å². The Kier molecular flexibility index (Phi) is 7.43. The summed E-state index contributed by atoms with van der Waals surface area (Å²) in [6, 6.07) is 4.08. The first-order chi connectivity index (χ1) is 13.4. The summed E-state index contributed by atoms with van der Waals surface area (Å²) in [5.74, 6) is -0.675. The maximum absolute atomic E-state index is 13.9. The summed E-state index contributed by atoms with van der Waals surface area (Å²) in [5.41, 5.74) is 0.130. The van der Waals surface area contributed by atoms with E-state index in [0.717, 1.165) is 6.26 Å². The summed E-state index contributed by atoms with van der Waals surface area (Å²) < 4.78 is 42.2. The molecule has 1 heterocycles. The second kappa shape index (κ2) is 9.24. The Bertz CT molecular complexity index is 852. The number of hydrogen-bond donors (Lipinski definition) is 0. The molecule has 1 aromatic carbocycles. The summed E-state index contributed by atoms with van der Waals surface area (Å²) in [5, 5.41) is 0. The Balaban J connectivity index is 1.78. The van der Waals surface area contributed by atoms with Crippen LogP contribution < -0.4 is 0 Å². The maximum atomic E-state index is 13.9. The standard InChI is InChI=1S/C21H30FNO5S/c1-21(2,3)28-20(25)23-12-10-16(11-13-23)18(24)7-5-6-15-8-9-19(17(22)14-15)29(4,26)27/h8-9,14,16H,5-7,10-13H2,1-4H3. The molecule has 1 saturated heterocycles. The molecule has 6 nitrogen and oxygen atoms in total. The van der Waals surface area contributed by atoms with Crippen molar-refractivity contribution in [3.05, 3.63) is 29.6 Å². The molecule has 0 saturated carbocycles. The van der Waals surface area contributed by atoms with E-state index in [2.05, 4.69) is 0 Å². The third-order valence-electron chi connectivity index (χ3n) is 4.89. The molecule has 0 atom stereocenters. The van der Waals surface area contributed by atoms with Crippen LogP contribution in [-0.4, -0.2) is 50.1 Å². The number of sulfone groups is 1. The molecule has 1 aliphatic rings. The molecule has 0 spiro atoms. The number of amides is 1. The normalized spacial score (nSPS) is 16.0. The number of hydrogen-bond acceptors (Lipinski definition) is 5. The van der Waals surface area contributed by atoms with E-state index in [1.165, 1.54) is 12.1 Å². The van der Waals surface area contributed by atoms with E-state index in [9.17, 15) is 22.4 Å². The smallest absolute Gasteiger partial charge is 0.410 e. The Labute approximate surface area is 172 Å². The first kappa shape index (κ1) is 23.3. The summed E-state index contributed by atoms with van der Waals surface area (Å²) in [6.45, 7) is 6.47. The van der Waals surface area contributed by atoms with Gasteiger partial charge in [0.05, 0.1) is 0 Å². The fraction of sp³-hybridized carbons (Fsp3) is 0.619. The van der Waals surface area contributed by atoms with E-state index in [0.29, 0.717) is 50.8 Å². The van der Waals surface area contributed by atoms with Crippen molar-refractivity contribution in [3.8, 4) is 0 Å². The van der Waals surface area contributed by atoms with Gasteiger partial charge in [-0.25, -0.2) is 17.6 Å². The highest BCUT2D eigenvalue weighted by atomic mass is 32.2. The zero-order valence-corrected chi connectivity index (χ0v) is 18.4. The topological polar surface area (TPSA) is 80.8 Å². The van der Waals surface area contributed by atoms with Crippen LogP contribution in [0.3, 0.4) is 0 Å². The number of ketones is 1. The number of carbonyl (C=O) groups is 2. The molecule has 0 aliphatic carbocycles. The Hall–Kier alpha value is -1.96. The third kappa shape index (κ3) is 7.10. The molecular weight excluding hydrogens is 397 g/mol. The van der Waals surface area contributed by atoms with Crippen LogP contribution in [0.4, 0.5) is 9.18 Å². The predicted octanol–water partition coefficient (Wildman–Crippen LogP) is 3.77. The zero-order valence-electron chi connectivity index (χ0n) is 17.5. The minimum absolute atomic E-state index is 0.0713. The first-order valence-electron chi connectivity index (χ1n) is 9.86. The van der Waals surface area contributed by atoms with Crippen LogP contribution in [0, 0.1) is 11.7 Å². The van der Waals surface area contributed by atoms with E-state index in [-0.39, 0.29) is 22.7 Å². The van der Waals surface area contributed by atoms with Crippen molar-refractivity contribution in [1.29, 1.82) is 0 Å². The van der Waals surface area contributed by atoms with Gasteiger partial charge in [0.15, 0.2) is 9.84 Å². The van der Waals surface area contributed by atoms with Gasteiger partial charge in [-0.2, -0.15) is 0 Å². The third-order valence-corrected chi connectivity index (χ3v) is 6.02. The molecule has 0 unspecified atom stereocenters. The van der Waals surface area contributed by atoms with Gasteiger partial charge in [-0.3, -0.25) is 4.79 Å². The molecule has 1 aromatic rings. The van der Waals surface area contributed by atoms with Crippen LogP contribution in [0.1, 0.15) is 52.0 Å². The molecular formula is C21H30FNO5S. The summed E-state index contributed by atoms with van der Waals surface area (Å²) in [6.07, 6.45) is 3.32. The molecule has 0 radical (unpaired) electrons. The SMILES string of the molecule is CC(C)(C)OC(=O)N1CCC(C(=O)CCCc2ccc(S(C)(=O)=O)c(F)c2)CC1. The fourth-order valence-corrected chi connectivity index (χ4v) is 4.11. The van der Waals surface area contributed by atoms with Gasteiger partial charge in [-0.05, 0) is 64.2 Å². The Morgan fingerprint density at radius 3 is 2.34 bits per heavy atom. The van der Waals surface area contributed by atoms with Crippen molar-refractivity contribution < 1.29 is 27.1 Å². The number of likely N-dealkylation sites (tertiary alicyclic amines) is 1. The lowest BCUT2D eigenvalue weighted by Crippen LogP contribution is -2.42. The van der Waals surface area contributed by atoms with Crippen LogP contribution in [-0.2, 0) is 25.8 Å². The largest absolute Gasteiger partial charge is 0.444 e. The second-order valence-corrected chi connectivity index (χ2v) is 10.6. The van der Waals surface area contributed by atoms with E-state index < -0.39 is 21.3 Å². The minimum atomic E-state index is -3.59. The highest BCUT2D eigenvalue weighted by molar-refractivity contribution is 7.90. The fourth-order valence-electron chi connectivity index (χ4n) is 3.38. The average Bonchev–Trinajstić information content (AvgIpc) is 2.59. The van der Waals surface area contributed by atoms with Gasteiger partial charge in [0, 0.05) is 31.7 Å². The van der Waals surface area contributed by atoms with E-state index >= 15 is 0 Å². The number of Topliss-reactive ketones (excluding diaryl/α,β-unsaturated/α-hetero) is 1. The van der Waals surface area contributed by atoms with Crippen molar-refractivity contribution in [2.24, 2.45) is 5.92 Å². The van der Waals surface area contributed by atoms with Crippen LogP contribution in [0.2, 0.25) is 0 Å². The zero-order chi connectivity index (χ0) is 21.8. The Morgan fingerprint density at radius 1 is 1.21 bits per heavy atom. The molecule has 29 heavy (non-hydrogen) atoms. The predicted molar refractivity (Wildman–Crippen MR) is 108 cm³/mol. The van der Waals surface area contributed by atoms with Crippen LogP contribution in [0.5, 0.6) is 0 Å². The average molecular weight is 428 g/mol. The van der Waals surface area contributed by atoms with Crippen LogP contribution in [0.25, 0.3) is 0 Å². The molecule has 0 bridgehead atoms. The van der Waals surface area contributed by atoms with E-state index in [1.54, 1.807) is 11.0 Å². The number of benzene rings is 1. The van der Waals surface area contributed by atoms with Gasteiger partial charge < -0.3 is 9.64 Å². The molecule has 1 aliphatic heterocycles. The lowest BCUT2D eigenvalue weighted by atomic mass is 9.90. The Morgan fingerprint density at radius 2 is 1.83 bits per heavy atom. The number of carbonyl (C=O) groups excluding carboxylic acids is 2. The maximum Gasteiger partial charge on any atom is 0.410 e. The lowest BCUT2D eigenvalue weighted by molar-refractivity contribution is -0.124. The lowest BCUT2D eigenvalue weighted by Gasteiger charge is -2.33. The number of nitrogens with zero attached hydrogens (tertiary/aromatic N) is 1. The van der Waals surface area contributed by atoms with Gasteiger partial charge in [-0.1, -0.05) is 6.07 Å². The van der Waals surface area contributed by atoms with Crippen molar-refractivity contribution in [2.75, 3.05) is 19.3 Å². The number of aryl methyl sites for hydroxylation is 1. The number of ether oxygens (including phenoxy) is 1. The number of halogens is 1. The van der Waals surface area contributed by atoms with Gasteiger partial charge in [0.1, 0.15) is 22.1 Å². The van der Waals surface area contributed by atoms with Gasteiger partial charge >= 0.3 is 6.09 Å². The summed E-state index contributed by atoms with van der Waals surface area (Å²) in [4.78, 5) is 25.9. The number of rotatable bonds is 6. The van der Waals surface area contributed by atoms with E-state index in [1.807, 2.05) is 20.8 Å². The monoisotopic (exact) mass is 427 g/mol. The van der Waals surface area contributed by atoms with Crippen molar-refractivity contribution in [2.45, 2.75) is 63.4 Å². The molecule has 8 heteroatoms. The van der Waals surface area contributed by atoms with Crippen molar-refractivity contribution in [3.63, 3.8) is 0 Å². The molecule has 0 N–H and O–H groups in total. The van der Waals surface area contributed by atoms with Crippen LogP contribution in [0.15, 0.2) is 23.1 Å². The van der Waals surface area contributed by atoms with Crippen molar-refractivity contribution in [1.82, 2.24) is 4.90 Å².